The lowest BCUT2D eigenvalue weighted by molar-refractivity contribution is -0.166. The van der Waals surface area contributed by atoms with Crippen molar-refractivity contribution in [2.45, 2.75) is 37.3 Å². The van der Waals surface area contributed by atoms with E-state index in [9.17, 15) is 19.2 Å². The third kappa shape index (κ3) is 8.68. The number of thiophene rings is 1. The van der Waals surface area contributed by atoms with E-state index in [1.807, 2.05) is 24.3 Å². The van der Waals surface area contributed by atoms with Gasteiger partial charge in [0.1, 0.15) is 26.4 Å². The molecule has 0 saturated carbocycles. The average molecular weight is 1110 g/mol. The summed E-state index contributed by atoms with van der Waals surface area (Å²) in [5.41, 5.74) is -1.37. The molecule has 0 bridgehead atoms. The Bertz CT molecular complexity index is 3950. The number of allylic oxidation sites excluding steroid dienone is 4. The van der Waals surface area contributed by atoms with Crippen molar-refractivity contribution < 1.29 is 57.3 Å². The highest BCUT2D eigenvalue weighted by molar-refractivity contribution is 7.25. The van der Waals surface area contributed by atoms with Crippen LogP contribution < -0.4 is 0 Å². The number of fused-ring (bicyclic) bond motifs is 7. The van der Waals surface area contributed by atoms with Gasteiger partial charge in [-0.2, -0.15) is 0 Å². The summed E-state index contributed by atoms with van der Waals surface area (Å²) in [5, 5.41) is 0.941. The second kappa shape index (κ2) is 20.9. The molecule has 13 rings (SSSR count). The van der Waals surface area contributed by atoms with E-state index in [4.69, 9.17) is 18.9 Å². The van der Waals surface area contributed by atoms with Gasteiger partial charge in [0.15, 0.2) is 23.1 Å². The van der Waals surface area contributed by atoms with E-state index in [1.165, 1.54) is 23.5 Å². The van der Waals surface area contributed by atoms with E-state index in [1.54, 1.807) is 182 Å². The van der Waals surface area contributed by atoms with Gasteiger partial charge in [-0.15, -0.1) is 11.3 Å². The van der Waals surface area contributed by atoms with Crippen LogP contribution in [0.25, 0.3) is 32.3 Å². The third-order valence-electron chi connectivity index (χ3n) is 15.6. The Morgan fingerprint density at radius 1 is 0.361 bits per heavy atom. The van der Waals surface area contributed by atoms with Gasteiger partial charge in [0.05, 0.1) is 11.1 Å². The summed E-state index contributed by atoms with van der Waals surface area (Å²) < 4.78 is 25.9. The van der Waals surface area contributed by atoms with Crippen LogP contribution in [0.1, 0.15) is 85.9 Å². The minimum atomic E-state index is -2.45. The lowest BCUT2D eigenvalue weighted by Crippen LogP contribution is -2.46. The molecule has 12 nitrogen and oxygen atoms in total. The van der Waals surface area contributed by atoms with Crippen LogP contribution in [-0.2, 0) is 75.4 Å². The molecule has 1 heterocycles. The quantitative estimate of drug-likeness (QED) is 0.0332. The Kier molecular flexibility index (Phi) is 13.1. The fraction of sp³-hybridized carbons (Fsp3) is 0.0857. The van der Waals surface area contributed by atoms with Gasteiger partial charge in [-0.05, 0) is 104 Å². The molecule has 8 aromatic carbocycles. The Morgan fingerprint density at radius 2 is 0.627 bits per heavy atom. The second-order valence-electron chi connectivity index (χ2n) is 20.4. The van der Waals surface area contributed by atoms with Crippen molar-refractivity contribution in [1.29, 1.82) is 0 Å². The zero-order valence-electron chi connectivity index (χ0n) is 43.9. The van der Waals surface area contributed by atoms with Crippen molar-refractivity contribution in [1.82, 2.24) is 0 Å². The number of ketones is 4. The van der Waals surface area contributed by atoms with Crippen LogP contribution in [0.5, 0.6) is 0 Å². The van der Waals surface area contributed by atoms with Gasteiger partial charge < -0.3 is 18.9 Å². The van der Waals surface area contributed by atoms with Gasteiger partial charge in [0.2, 0.25) is 10.8 Å². The van der Waals surface area contributed by atoms with Gasteiger partial charge in [-0.25, -0.2) is 0 Å². The predicted molar refractivity (Wildman–Crippen MR) is 310 cm³/mol. The first-order valence-electron chi connectivity index (χ1n) is 26.6. The number of esters is 4. The van der Waals surface area contributed by atoms with Gasteiger partial charge >= 0.3 is 23.9 Å². The fourth-order valence-corrected chi connectivity index (χ4v) is 12.6. The van der Waals surface area contributed by atoms with Crippen molar-refractivity contribution >= 4 is 90.7 Å². The number of hydrogen-bond acceptors (Lipinski definition) is 13. The molecule has 0 aliphatic heterocycles. The molecule has 9 aromatic rings. The Hall–Kier alpha value is -10.5. The van der Waals surface area contributed by atoms with Crippen LogP contribution >= 0.6 is 11.3 Å². The molecule has 402 valence electrons. The molecule has 0 radical (unpaired) electrons. The molecule has 0 fully saturated rings. The van der Waals surface area contributed by atoms with E-state index < -0.39 is 57.8 Å². The van der Waals surface area contributed by atoms with Crippen LogP contribution in [-0.4, -0.2) is 47.0 Å². The largest absolute Gasteiger partial charge is 0.459 e. The SMILES string of the molecule is O=C1C(=CC2=Cc3cc4sc5cc6c(cc5c4cc3C2(C(=O)OCc2ccccc2)C(=O)OCc2ccccc2)C(C(=O)OCc2ccccc2)(C(=O)OCc2ccccc2)C(C=C2C(=O)c3ccccc3C2=O)=C6)C(=O)c2ccccc21. The van der Waals surface area contributed by atoms with Crippen molar-refractivity contribution in [2.24, 2.45) is 0 Å². The number of ether oxygens (including phenoxy) is 4. The van der Waals surface area contributed by atoms with E-state index in [-0.39, 0.29) is 82.1 Å². The van der Waals surface area contributed by atoms with E-state index in [0.29, 0.717) is 53.6 Å². The van der Waals surface area contributed by atoms with Crippen LogP contribution in [0.15, 0.2) is 229 Å². The van der Waals surface area contributed by atoms with E-state index in [2.05, 4.69) is 0 Å². The highest BCUT2D eigenvalue weighted by Gasteiger charge is 2.59. The maximum atomic E-state index is 15.5. The number of carbonyl (C=O) groups is 8. The fourth-order valence-electron chi connectivity index (χ4n) is 11.5. The standard InChI is InChI=1S/C70H44O12S/c71-61-49-25-13-14-26-50(49)62(72)55(61)33-47-29-45-31-59-53(35-57(45)69(47,65(75)79-37-41-17-5-1-6-18-41)66(76)80-38-42-19-7-2-8-20-42)54-36-58-46(32-60(54)83-59)30-48(34-56-63(73)51-27-15-16-28-52(51)64(56)74)70(58,67(77)81-39-43-21-9-3-10-22-43)68(78)82-40-44-23-11-4-12-24-44/h1-36H,37-40H2. The molecule has 0 amide bonds. The maximum absolute atomic E-state index is 15.5. The van der Waals surface area contributed by atoms with Crippen molar-refractivity contribution in [3.8, 4) is 0 Å². The van der Waals surface area contributed by atoms with Crippen LogP contribution in [0.4, 0.5) is 0 Å². The number of carbonyl (C=O) groups excluding carboxylic acids is 8. The number of Topliss-reactive ketones (excluding diaryl/α,β-unsaturated/α-hetero) is 4. The Morgan fingerprint density at radius 3 is 0.904 bits per heavy atom. The van der Waals surface area contributed by atoms with E-state index >= 15 is 19.2 Å². The zero-order chi connectivity index (χ0) is 57.0. The molecule has 4 aliphatic rings. The summed E-state index contributed by atoms with van der Waals surface area (Å²) in [6.45, 7) is -1.04. The summed E-state index contributed by atoms with van der Waals surface area (Å²) in [4.78, 5) is 119. The summed E-state index contributed by atoms with van der Waals surface area (Å²) in [5.74, 6) is -6.53. The molecule has 13 heteroatoms. The normalized spacial score (nSPS) is 15.0. The van der Waals surface area contributed by atoms with Gasteiger partial charge in [0, 0.05) is 42.4 Å². The first kappa shape index (κ1) is 51.9. The molecule has 0 saturated heterocycles. The molecule has 0 atom stereocenters. The van der Waals surface area contributed by atoms with Gasteiger partial charge in [-0.3, -0.25) is 38.4 Å². The van der Waals surface area contributed by atoms with Gasteiger partial charge in [0.25, 0.3) is 0 Å². The number of rotatable bonds is 14. The second-order valence-corrected chi connectivity index (χ2v) is 21.5. The Balaban J connectivity index is 1.01. The minimum absolute atomic E-state index is 0.0441. The third-order valence-corrected chi connectivity index (χ3v) is 16.7. The first-order valence-corrected chi connectivity index (χ1v) is 27.4. The topological polar surface area (TPSA) is 173 Å². The lowest BCUT2D eigenvalue weighted by Gasteiger charge is -2.29. The molecule has 0 unspecified atom stereocenters. The predicted octanol–water partition coefficient (Wildman–Crippen LogP) is 12.3. The highest BCUT2D eigenvalue weighted by Crippen LogP contribution is 2.53. The van der Waals surface area contributed by atoms with Crippen molar-refractivity contribution in [2.75, 3.05) is 0 Å². The maximum Gasteiger partial charge on any atom is 0.333 e. The summed E-state index contributed by atoms with van der Waals surface area (Å²) in [6, 6.07) is 55.2. The van der Waals surface area contributed by atoms with Crippen molar-refractivity contribution in [3.05, 3.63) is 295 Å². The van der Waals surface area contributed by atoms with Crippen LogP contribution in [0, 0.1) is 0 Å². The summed E-state index contributed by atoms with van der Waals surface area (Å²) in [7, 11) is 0. The minimum Gasteiger partial charge on any atom is -0.459 e. The highest BCUT2D eigenvalue weighted by atomic mass is 32.1. The summed E-state index contributed by atoms with van der Waals surface area (Å²) in [6.07, 6.45) is 5.75. The molecule has 0 spiro atoms. The smallest absolute Gasteiger partial charge is 0.333 e. The molecule has 0 N–H and O–H groups in total. The number of hydrogen-bond donors (Lipinski definition) is 0. The van der Waals surface area contributed by atoms with Crippen LogP contribution in [0.3, 0.4) is 0 Å². The molecular weight excluding hydrogens is 1060 g/mol. The number of benzene rings is 8. The molecule has 4 aliphatic carbocycles. The lowest BCUT2D eigenvalue weighted by atomic mass is 9.75. The molecule has 1 aromatic heterocycles. The first-order chi connectivity index (χ1) is 40.4. The zero-order valence-corrected chi connectivity index (χ0v) is 44.7. The van der Waals surface area contributed by atoms with E-state index in [0.717, 1.165) is 0 Å². The monoisotopic (exact) mass is 1110 g/mol. The molecule has 83 heavy (non-hydrogen) atoms. The summed E-state index contributed by atoms with van der Waals surface area (Å²) >= 11 is 1.34. The Labute approximate surface area is 478 Å². The average Bonchev–Trinajstić information content (AvgIpc) is 2.09. The van der Waals surface area contributed by atoms with Crippen LogP contribution in [0.2, 0.25) is 0 Å². The van der Waals surface area contributed by atoms with Gasteiger partial charge in [-0.1, -0.05) is 170 Å². The molecular formula is C70H44O12S. The van der Waals surface area contributed by atoms with Crippen molar-refractivity contribution in [3.63, 3.8) is 0 Å².